The fraction of sp³-hybridized carbons (Fsp3) is 0.636. The van der Waals surface area contributed by atoms with Crippen molar-refractivity contribution in [1.82, 2.24) is 9.80 Å². The maximum atomic E-state index is 3.08. The second kappa shape index (κ2) is 14.6. The van der Waals surface area contributed by atoms with Gasteiger partial charge in [0, 0.05) is 41.0 Å². The average molecular weight is 779 g/mol. The molecule has 2 saturated heterocycles. The SMILES string of the molecule is CC(C)(C)C1=CC(N2C3CC(C(C)(C)C)=CC=C3B3C4CC(C(C)(C)C)C=CC4N(C4=CC=C(C(C)(C)C)CC4)C4=CC(C(C)(C)C5=CC=CCC5)CC2C34)=CCC1. The zero-order chi connectivity index (χ0) is 41.7. The Morgan fingerprint density at radius 2 is 1.33 bits per heavy atom. The number of fused-ring (bicyclic) bond motifs is 4. The van der Waals surface area contributed by atoms with Gasteiger partial charge >= 0.3 is 0 Å². The normalized spacial score (nSPS) is 31.8. The van der Waals surface area contributed by atoms with Crippen molar-refractivity contribution in [3.05, 3.63) is 118 Å². The molecule has 0 saturated carbocycles. The molecule has 0 amide bonds. The van der Waals surface area contributed by atoms with E-state index in [-0.39, 0.29) is 27.1 Å². The smallest absolute Gasteiger partial charge is 0.190 e. The van der Waals surface area contributed by atoms with Crippen LogP contribution in [0.3, 0.4) is 0 Å². The van der Waals surface area contributed by atoms with Crippen molar-refractivity contribution in [2.24, 2.45) is 38.9 Å². The van der Waals surface area contributed by atoms with Gasteiger partial charge in [-0.05, 0) is 115 Å². The molecule has 2 aliphatic heterocycles. The van der Waals surface area contributed by atoms with Crippen molar-refractivity contribution >= 4 is 6.71 Å². The van der Waals surface area contributed by atoms with Gasteiger partial charge in [-0.1, -0.05) is 185 Å². The van der Waals surface area contributed by atoms with E-state index in [0.717, 1.165) is 32.1 Å². The summed E-state index contributed by atoms with van der Waals surface area (Å²) in [5.74, 6) is 2.06. The average Bonchev–Trinajstić information content (AvgIpc) is 3.16. The number of nitrogens with zero attached hydrogens (tertiary/aromatic N) is 2. The summed E-state index contributed by atoms with van der Waals surface area (Å²) >= 11 is 0. The number of hydrogen-bond acceptors (Lipinski definition) is 2. The molecular weight excluding hydrogens is 699 g/mol. The van der Waals surface area contributed by atoms with Crippen molar-refractivity contribution in [1.29, 1.82) is 0 Å². The number of rotatable bonds is 4. The zero-order valence-electron chi connectivity index (χ0n) is 39.3. The van der Waals surface area contributed by atoms with E-state index in [4.69, 9.17) is 0 Å². The Hall–Kier alpha value is -2.94. The van der Waals surface area contributed by atoms with Crippen LogP contribution < -0.4 is 0 Å². The Morgan fingerprint density at radius 3 is 1.95 bits per heavy atom. The third-order valence-electron chi connectivity index (χ3n) is 16.5. The summed E-state index contributed by atoms with van der Waals surface area (Å²) < 4.78 is 0. The molecule has 7 unspecified atom stereocenters. The van der Waals surface area contributed by atoms with Crippen LogP contribution in [0.5, 0.6) is 0 Å². The second-order valence-corrected chi connectivity index (χ2v) is 24.5. The molecule has 7 atom stereocenters. The molecule has 312 valence electrons. The van der Waals surface area contributed by atoms with Crippen molar-refractivity contribution in [2.75, 3.05) is 0 Å². The summed E-state index contributed by atoms with van der Waals surface area (Å²) in [7, 11) is 0. The molecule has 0 aromatic heterocycles. The molecule has 0 bridgehead atoms. The van der Waals surface area contributed by atoms with E-state index in [1.165, 1.54) is 31.4 Å². The molecule has 58 heavy (non-hydrogen) atoms. The molecule has 6 aliphatic carbocycles. The van der Waals surface area contributed by atoms with Crippen molar-refractivity contribution in [2.45, 2.75) is 184 Å². The molecule has 0 aromatic rings. The van der Waals surface area contributed by atoms with Gasteiger partial charge in [-0.3, -0.25) is 0 Å². The van der Waals surface area contributed by atoms with Crippen molar-refractivity contribution < 1.29 is 0 Å². The van der Waals surface area contributed by atoms with Crippen LogP contribution in [0.4, 0.5) is 0 Å². The highest BCUT2D eigenvalue weighted by Crippen LogP contribution is 2.63. The molecule has 0 radical (unpaired) electrons. The Morgan fingerprint density at radius 1 is 0.638 bits per heavy atom. The van der Waals surface area contributed by atoms with E-state index in [2.05, 4.69) is 180 Å². The van der Waals surface area contributed by atoms with Gasteiger partial charge < -0.3 is 9.80 Å². The second-order valence-electron chi connectivity index (χ2n) is 24.5. The van der Waals surface area contributed by atoms with E-state index < -0.39 is 0 Å². The van der Waals surface area contributed by atoms with Crippen LogP contribution in [-0.4, -0.2) is 34.6 Å². The van der Waals surface area contributed by atoms with Crippen LogP contribution in [-0.2, 0) is 0 Å². The van der Waals surface area contributed by atoms with E-state index in [1.807, 2.05) is 0 Å². The van der Waals surface area contributed by atoms with Crippen molar-refractivity contribution in [3.8, 4) is 0 Å². The van der Waals surface area contributed by atoms with E-state index in [0.29, 0.717) is 48.3 Å². The van der Waals surface area contributed by atoms with E-state index >= 15 is 0 Å². The van der Waals surface area contributed by atoms with Gasteiger partial charge in [0.2, 0.25) is 0 Å². The first-order valence-corrected chi connectivity index (χ1v) is 23.6. The van der Waals surface area contributed by atoms with Crippen molar-refractivity contribution in [3.63, 3.8) is 0 Å². The summed E-state index contributed by atoms with van der Waals surface area (Å²) in [6.07, 6.45) is 41.7. The first-order valence-electron chi connectivity index (χ1n) is 23.6. The maximum Gasteiger partial charge on any atom is 0.190 e. The molecule has 3 heteroatoms. The van der Waals surface area contributed by atoms with Gasteiger partial charge in [-0.2, -0.15) is 0 Å². The van der Waals surface area contributed by atoms with Gasteiger partial charge in [0.15, 0.2) is 6.71 Å². The van der Waals surface area contributed by atoms with E-state index in [1.54, 1.807) is 39.2 Å². The lowest BCUT2D eigenvalue weighted by atomic mass is 9.21. The monoisotopic (exact) mass is 779 g/mol. The molecule has 8 aliphatic rings. The molecular formula is C55H79BN2. The molecule has 2 fully saturated rings. The van der Waals surface area contributed by atoms with Gasteiger partial charge in [-0.15, -0.1) is 0 Å². The van der Waals surface area contributed by atoms with Crippen LogP contribution in [0, 0.1) is 38.9 Å². The van der Waals surface area contributed by atoms with Gasteiger partial charge in [0.05, 0.1) is 0 Å². The fourth-order valence-electron chi connectivity index (χ4n) is 12.6. The summed E-state index contributed by atoms with van der Waals surface area (Å²) in [5, 5.41) is 0. The third-order valence-corrected chi connectivity index (χ3v) is 16.5. The minimum Gasteiger partial charge on any atom is -0.363 e. The lowest BCUT2D eigenvalue weighted by Gasteiger charge is -2.64. The highest BCUT2D eigenvalue weighted by atomic mass is 15.3. The molecule has 0 N–H and O–H groups in total. The third kappa shape index (κ3) is 7.44. The van der Waals surface area contributed by atoms with Crippen LogP contribution in [0.2, 0.25) is 11.6 Å². The predicted octanol–water partition coefficient (Wildman–Crippen LogP) is 14.9. The largest absolute Gasteiger partial charge is 0.363 e. The Bertz CT molecular complexity index is 1970. The highest BCUT2D eigenvalue weighted by molar-refractivity contribution is 6.72. The van der Waals surface area contributed by atoms with E-state index in [9.17, 15) is 0 Å². The molecule has 2 heterocycles. The number of allylic oxidation sites excluding steroid dienone is 15. The summed E-state index contributed by atoms with van der Waals surface area (Å²) in [4.78, 5) is 6.05. The molecule has 0 spiro atoms. The molecule has 0 aromatic carbocycles. The minimum atomic E-state index is 0.0684. The number of hydrogen-bond donors (Lipinski definition) is 0. The van der Waals surface area contributed by atoms with Crippen LogP contribution in [0.15, 0.2) is 118 Å². The maximum absolute atomic E-state index is 3.08. The Kier molecular flexibility index (Phi) is 10.5. The van der Waals surface area contributed by atoms with Crippen LogP contribution >= 0.6 is 0 Å². The molecule has 8 rings (SSSR count). The van der Waals surface area contributed by atoms with Crippen LogP contribution in [0.25, 0.3) is 0 Å². The molecule has 2 nitrogen and oxygen atoms in total. The topological polar surface area (TPSA) is 6.48 Å². The summed E-state index contributed by atoms with van der Waals surface area (Å²) in [6, 6.07) is 1.21. The van der Waals surface area contributed by atoms with Gasteiger partial charge in [0.1, 0.15) is 0 Å². The van der Waals surface area contributed by atoms with Gasteiger partial charge in [-0.25, -0.2) is 0 Å². The Balaban J connectivity index is 1.38. The lowest BCUT2D eigenvalue weighted by molar-refractivity contribution is 0.110. The van der Waals surface area contributed by atoms with Gasteiger partial charge in [0.25, 0.3) is 0 Å². The highest BCUT2D eigenvalue weighted by Gasteiger charge is 2.62. The lowest BCUT2D eigenvalue weighted by Crippen LogP contribution is -2.66. The van der Waals surface area contributed by atoms with Crippen LogP contribution in [0.1, 0.15) is 155 Å². The summed E-state index contributed by atoms with van der Waals surface area (Å²) in [6.45, 7) is 35.0. The Labute approximate surface area is 356 Å². The first-order chi connectivity index (χ1) is 27.0. The fourth-order valence-corrected chi connectivity index (χ4v) is 12.6. The minimum absolute atomic E-state index is 0.0684. The standard InChI is InChI=1S/C55H79BN2/c1-51(2,3)36-23-27-42(28-24-36)57-46-30-26-39(53(7,8)9)32-45(46)56-44-29-25-40(54(10,11)12)33-47(44)58(43-22-18-21-38(31-43)52(4,5)6)49-35-41(34-48(57)50(49)56)55(13,14)37-19-16-15-17-20-37/h15-16,19,22-23,25-27,29-31,34,39,41,45-47,49-50H,17-18,20-21,24,28,32-33,35H2,1-14H3. The first kappa shape index (κ1) is 41.8. The summed E-state index contributed by atoms with van der Waals surface area (Å²) in [5.41, 5.74) is 13.7. The predicted molar refractivity (Wildman–Crippen MR) is 251 cm³/mol. The zero-order valence-corrected chi connectivity index (χ0v) is 39.3. The quantitative estimate of drug-likeness (QED) is 0.207.